The van der Waals surface area contributed by atoms with Crippen molar-refractivity contribution in [3.8, 4) is 0 Å². The second kappa shape index (κ2) is 5.11. The standard InChI is InChI=1S/C14H19F3/c1-9(2)13(10(3)4)11-5-7-12(8-6-11)14(15,16)17/h5-10,13H,1-4H3. The molecule has 0 saturated carbocycles. The van der Waals surface area contributed by atoms with E-state index in [2.05, 4.69) is 27.7 Å². The molecule has 1 rings (SSSR count). The molecular formula is C14H19F3. The molecule has 0 aromatic heterocycles. The number of benzene rings is 1. The summed E-state index contributed by atoms with van der Waals surface area (Å²) in [5.74, 6) is 1.15. The zero-order valence-electron chi connectivity index (χ0n) is 10.7. The van der Waals surface area contributed by atoms with Crippen LogP contribution in [0.15, 0.2) is 24.3 Å². The first kappa shape index (κ1) is 14.1. The van der Waals surface area contributed by atoms with Gasteiger partial charge in [0.25, 0.3) is 0 Å². The highest BCUT2D eigenvalue weighted by molar-refractivity contribution is 5.27. The van der Waals surface area contributed by atoms with Crippen molar-refractivity contribution in [2.24, 2.45) is 11.8 Å². The summed E-state index contributed by atoms with van der Waals surface area (Å²) in [5, 5.41) is 0. The highest BCUT2D eigenvalue weighted by Gasteiger charge is 2.30. The molecule has 17 heavy (non-hydrogen) atoms. The van der Waals surface area contributed by atoms with Crippen molar-refractivity contribution >= 4 is 0 Å². The van der Waals surface area contributed by atoms with Gasteiger partial charge in [0, 0.05) is 0 Å². The van der Waals surface area contributed by atoms with Crippen molar-refractivity contribution in [3.05, 3.63) is 35.4 Å². The lowest BCUT2D eigenvalue weighted by atomic mass is 9.80. The molecular weight excluding hydrogens is 225 g/mol. The molecule has 0 atom stereocenters. The summed E-state index contributed by atoms with van der Waals surface area (Å²) in [6.07, 6.45) is -4.25. The van der Waals surface area contributed by atoms with E-state index in [1.165, 1.54) is 12.1 Å². The summed E-state index contributed by atoms with van der Waals surface area (Å²) in [6, 6.07) is 5.56. The topological polar surface area (TPSA) is 0 Å². The Morgan fingerprint density at radius 1 is 0.824 bits per heavy atom. The van der Waals surface area contributed by atoms with Gasteiger partial charge in [-0.1, -0.05) is 39.8 Å². The van der Waals surface area contributed by atoms with Crippen molar-refractivity contribution in [2.75, 3.05) is 0 Å². The van der Waals surface area contributed by atoms with Gasteiger partial charge >= 0.3 is 6.18 Å². The SMILES string of the molecule is CC(C)C(c1ccc(C(F)(F)F)cc1)C(C)C. The van der Waals surface area contributed by atoms with Gasteiger partial charge in [0.1, 0.15) is 0 Å². The minimum Gasteiger partial charge on any atom is -0.166 e. The summed E-state index contributed by atoms with van der Waals surface area (Å²) in [6.45, 7) is 8.40. The molecule has 0 bridgehead atoms. The van der Waals surface area contributed by atoms with Crippen LogP contribution in [0, 0.1) is 11.8 Å². The van der Waals surface area contributed by atoms with Crippen molar-refractivity contribution in [2.45, 2.75) is 39.8 Å². The first-order chi connectivity index (χ1) is 7.73. The number of alkyl halides is 3. The molecule has 0 radical (unpaired) electrons. The molecule has 0 aliphatic carbocycles. The van der Waals surface area contributed by atoms with Gasteiger partial charge in [-0.3, -0.25) is 0 Å². The van der Waals surface area contributed by atoms with Crippen LogP contribution in [0.1, 0.15) is 44.7 Å². The first-order valence-electron chi connectivity index (χ1n) is 5.90. The van der Waals surface area contributed by atoms with Crippen LogP contribution in [-0.2, 0) is 6.18 Å². The van der Waals surface area contributed by atoms with Gasteiger partial charge in [0.05, 0.1) is 5.56 Å². The number of hydrogen-bond donors (Lipinski definition) is 0. The van der Waals surface area contributed by atoms with Gasteiger partial charge in [0.15, 0.2) is 0 Å². The predicted molar refractivity (Wildman–Crippen MR) is 63.9 cm³/mol. The predicted octanol–water partition coefficient (Wildman–Crippen LogP) is 5.10. The van der Waals surface area contributed by atoms with Crippen LogP contribution in [0.2, 0.25) is 0 Å². The van der Waals surface area contributed by atoms with Gasteiger partial charge in [-0.25, -0.2) is 0 Å². The molecule has 0 unspecified atom stereocenters. The van der Waals surface area contributed by atoms with Crippen molar-refractivity contribution < 1.29 is 13.2 Å². The molecule has 0 aliphatic heterocycles. The van der Waals surface area contributed by atoms with Crippen LogP contribution < -0.4 is 0 Å². The normalized spacial score (nSPS) is 12.8. The van der Waals surface area contributed by atoms with E-state index < -0.39 is 11.7 Å². The highest BCUT2D eigenvalue weighted by Crippen LogP contribution is 2.34. The van der Waals surface area contributed by atoms with E-state index in [1.54, 1.807) is 12.1 Å². The van der Waals surface area contributed by atoms with E-state index in [4.69, 9.17) is 0 Å². The maximum absolute atomic E-state index is 12.4. The van der Waals surface area contributed by atoms with Crippen LogP contribution in [0.3, 0.4) is 0 Å². The van der Waals surface area contributed by atoms with Crippen molar-refractivity contribution in [3.63, 3.8) is 0 Å². The van der Waals surface area contributed by atoms with Crippen LogP contribution in [0.4, 0.5) is 13.2 Å². The third-order valence-corrected chi connectivity index (χ3v) is 3.06. The number of hydrogen-bond acceptors (Lipinski definition) is 0. The van der Waals surface area contributed by atoms with Crippen LogP contribution in [-0.4, -0.2) is 0 Å². The Bertz CT molecular complexity index is 339. The van der Waals surface area contributed by atoms with Crippen LogP contribution >= 0.6 is 0 Å². The number of rotatable bonds is 3. The summed E-state index contributed by atoms with van der Waals surface area (Å²) in [7, 11) is 0. The fraction of sp³-hybridized carbons (Fsp3) is 0.571. The van der Waals surface area contributed by atoms with Gasteiger partial charge in [-0.2, -0.15) is 13.2 Å². The first-order valence-corrected chi connectivity index (χ1v) is 5.90. The molecule has 96 valence electrons. The highest BCUT2D eigenvalue weighted by atomic mass is 19.4. The van der Waals surface area contributed by atoms with Crippen molar-refractivity contribution in [1.82, 2.24) is 0 Å². The smallest absolute Gasteiger partial charge is 0.166 e. The summed E-state index contributed by atoms with van der Waals surface area (Å²) in [5.41, 5.74) is 0.413. The second-order valence-electron chi connectivity index (χ2n) is 5.13. The molecule has 0 spiro atoms. The van der Waals surface area contributed by atoms with E-state index >= 15 is 0 Å². The van der Waals surface area contributed by atoms with Gasteiger partial charge < -0.3 is 0 Å². The third kappa shape index (κ3) is 3.48. The van der Waals surface area contributed by atoms with Crippen LogP contribution in [0.25, 0.3) is 0 Å². The van der Waals surface area contributed by atoms with E-state index in [-0.39, 0.29) is 0 Å². The van der Waals surface area contributed by atoms with Gasteiger partial charge in [0.2, 0.25) is 0 Å². The fourth-order valence-corrected chi connectivity index (χ4v) is 2.43. The Labute approximate surface area is 101 Å². The lowest BCUT2D eigenvalue weighted by molar-refractivity contribution is -0.137. The van der Waals surface area contributed by atoms with E-state index in [1.807, 2.05) is 0 Å². The second-order valence-corrected chi connectivity index (χ2v) is 5.13. The summed E-state index contributed by atoms with van der Waals surface area (Å²) < 4.78 is 37.3. The Kier molecular flexibility index (Phi) is 4.23. The fourth-order valence-electron chi connectivity index (χ4n) is 2.43. The average molecular weight is 244 g/mol. The lowest BCUT2D eigenvalue weighted by Gasteiger charge is -2.25. The molecule has 0 N–H and O–H groups in total. The lowest BCUT2D eigenvalue weighted by Crippen LogP contribution is -2.14. The summed E-state index contributed by atoms with van der Waals surface area (Å²) >= 11 is 0. The molecule has 0 amide bonds. The van der Waals surface area contributed by atoms with Gasteiger partial charge in [-0.15, -0.1) is 0 Å². The molecule has 0 saturated heterocycles. The Morgan fingerprint density at radius 2 is 1.24 bits per heavy atom. The van der Waals surface area contributed by atoms with E-state index in [0.717, 1.165) is 5.56 Å². The van der Waals surface area contributed by atoms with Gasteiger partial charge in [-0.05, 0) is 35.4 Å². The quantitative estimate of drug-likeness (QED) is 0.693. The number of halogens is 3. The zero-order chi connectivity index (χ0) is 13.2. The van der Waals surface area contributed by atoms with Crippen molar-refractivity contribution in [1.29, 1.82) is 0 Å². The Balaban J connectivity index is 3.01. The maximum atomic E-state index is 12.4. The molecule has 1 aromatic carbocycles. The largest absolute Gasteiger partial charge is 0.416 e. The molecule has 0 nitrogen and oxygen atoms in total. The molecule has 1 aromatic rings. The molecule has 0 fully saturated rings. The molecule has 0 aliphatic rings. The summed E-state index contributed by atoms with van der Waals surface area (Å²) in [4.78, 5) is 0. The third-order valence-electron chi connectivity index (χ3n) is 3.06. The minimum absolute atomic E-state index is 0.303. The molecule has 0 heterocycles. The average Bonchev–Trinajstić information content (AvgIpc) is 2.15. The maximum Gasteiger partial charge on any atom is 0.416 e. The molecule has 3 heteroatoms. The minimum atomic E-state index is -4.25. The Hall–Kier alpha value is -0.990. The Morgan fingerprint density at radius 3 is 1.53 bits per heavy atom. The monoisotopic (exact) mass is 244 g/mol. The van der Waals surface area contributed by atoms with E-state index in [9.17, 15) is 13.2 Å². The van der Waals surface area contributed by atoms with Crippen LogP contribution in [0.5, 0.6) is 0 Å². The zero-order valence-corrected chi connectivity index (χ0v) is 10.7. The van der Waals surface area contributed by atoms with E-state index in [0.29, 0.717) is 17.8 Å².